The van der Waals surface area contributed by atoms with Gasteiger partial charge in [0.2, 0.25) is 0 Å². The number of carbonyl (C=O) groups is 1. The second-order valence-electron chi connectivity index (χ2n) is 5.89. The lowest BCUT2D eigenvalue weighted by Gasteiger charge is -2.43. The van der Waals surface area contributed by atoms with Crippen LogP contribution in [0.15, 0.2) is 24.3 Å². The van der Waals surface area contributed by atoms with Crippen LogP contribution in [-0.4, -0.2) is 24.9 Å². The van der Waals surface area contributed by atoms with E-state index in [0.717, 1.165) is 30.8 Å². The molecular formula is C15H22N2O. The van der Waals surface area contributed by atoms with Gasteiger partial charge in [-0.15, -0.1) is 0 Å². The lowest BCUT2D eigenvalue weighted by Crippen LogP contribution is -2.52. The number of carbonyl (C=O) groups excluding carboxylic acids is 1. The Morgan fingerprint density at radius 2 is 1.94 bits per heavy atom. The van der Waals surface area contributed by atoms with Gasteiger partial charge in [0.1, 0.15) is 0 Å². The van der Waals surface area contributed by atoms with Gasteiger partial charge in [-0.25, -0.2) is 0 Å². The summed E-state index contributed by atoms with van der Waals surface area (Å²) in [6.07, 6.45) is 1.10. The predicted molar refractivity (Wildman–Crippen MR) is 75.0 cm³/mol. The molecule has 0 amide bonds. The van der Waals surface area contributed by atoms with Crippen LogP contribution in [0.1, 0.15) is 37.6 Å². The second-order valence-corrected chi connectivity index (χ2v) is 5.89. The Kier molecular flexibility index (Phi) is 3.44. The van der Waals surface area contributed by atoms with Crippen molar-refractivity contribution in [3.8, 4) is 0 Å². The van der Waals surface area contributed by atoms with E-state index in [9.17, 15) is 4.79 Å². The van der Waals surface area contributed by atoms with Gasteiger partial charge in [-0.05, 0) is 43.0 Å². The summed E-state index contributed by atoms with van der Waals surface area (Å²) in [4.78, 5) is 13.5. The van der Waals surface area contributed by atoms with E-state index in [1.54, 1.807) is 6.92 Å². The molecule has 0 aliphatic carbocycles. The molecule has 1 aliphatic heterocycles. The largest absolute Gasteiger partial charge is 0.370 e. The summed E-state index contributed by atoms with van der Waals surface area (Å²) in [6, 6.07) is 8.01. The van der Waals surface area contributed by atoms with Crippen molar-refractivity contribution in [1.82, 2.24) is 0 Å². The molecule has 18 heavy (non-hydrogen) atoms. The number of nitrogens with zero attached hydrogens (tertiary/aromatic N) is 1. The standard InChI is InChI=1S/C15H22N2O/c1-11(18)12-4-6-13(7-5-12)17-9-8-15(2,3)14(16)10-17/h4-7,14H,8-10,16H2,1-3H3. The molecule has 98 valence electrons. The maximum absolute atomic E-state index is 11.2. The van der Waals surface area contributed by atoms with E-state index >= 15 is 0 Å². The smallest absolute Gasteiger partial charge is 0.159 e. The van der Waals surface area contributed by atoms with E-state index in [1.165, 1.54) is 0 Å². The van der Waals surface area contributed by atoms with Crippen LogP contribution in [0.4, 0.5) is 5.69 Å². The van der Waals surface area contributed by atoms with E-state index < -0.39 is 0 Å². The predicted octanol–water partition coefficient (Wildman–Crippen LogP) is 2.45. The molecule has 0 saturated carbocycles. The lowest BCUT2D eigenvalue weighted by molar-refractivity contribution is 0.101. The highest BCUT2D eigenvalue weighted by Gasteiger charge is 2.32. The Balaban J connectivity index is 2.11. The van der Waals surface area contributed by atoms with Gasteiger partial charge in [0.15, 0.2) is 5.78 Å². The topological polar surface area (TPSA) is 46.3 Å². The quantitative estimate of drug-likeness (QED) is 0.815. The fraction of sp³-hybridized carbons (Fsp3) is 0.533. The zero-order valence-corrected chi connectivity index (χ0v) is 11.4. The summed E-state index contributed by atoms with van der Waals surface area (Å²) in [5.41, 5.74) is 8.36. The highest BCUT2D eigenvalue weighted by Crippen LogP contribution is 2.31. The fourth-order valence-corrected chi connectivity index (χ4v) is 2.33. The van der Waals surface area contributed by atoms with E-state index in [1.807, 2.05) is 24.3 Å². The molecule has 1 atom stereocenters. The number of benzene rings is 1. The maximum Gasteiger partial charge on any atom is 0.159 e. The highest BCUT2D eigenvalue weighted by atomic mass is 16.1. The van der Waals surface area contributed by atoms with Gasteiger partial charge >= 0.3 is 0 Å². The number of ketones is 1. The SMILES string of the molecule is CC(=O)c1ccc(N2CCC(C)(C)C(N)C2)cc1. The van der Waals surface area contributed by atoms with Crippen LogP contribution < -0.4 is 10.6 Å². The number of rotatable bonds is 2. The van der Waals surface area contributed by atoms with Crippen LogP contribution in [0.3, 0.4) is 0 Å². The first-order valence-electron chi connectivity index (χ1n) is 6.52. The van der Waals surface area contributed by atoms with Crippen molar-refractivity contribution in [2.45, 2.75) is 33.2 Å². The molecule has 0 radical (unpaired) electrons. The van der Waals surface area contributed by atoms with Crippen LogP contribution in [0.2, 0.25) is 0 Å². The minimum absolute atomic E-state index is 0.109. The van der Waals surface area contributed by atoms with Crippen molar-refractivity contribution in [2.24, 2.45) is 11.1 Å². The third-order valence-electron chi connectivity index (χ3n) is 4.09. The van der Waals surface area contributed by atoms with E-state index in [2.05, 4.69) is 18.7 Å². The number of piperidine rings is 1. The molecule has 0 bridgehead atoms. The normalized spacial score (nSPS) is 22.9. The van der Waals surface area contributed by atoms with Gasteiger partial charge in [-0.2, -0.15) is 0 Å². The van der Waals surface area contributed by atoms with Gasteiger partial charge in [0, 0.05) is 30.4 Å². The molecule has 1 heterocycles. The van der Waals surface area contributed by atoms with Crippen molar-refractivity contribution in [1.29, 1.82) is 0 Å². The third kappa shape index (κ3) is 2.56. The molecular weight excluding hydrogens is 224 g/mol. The van der Waals surface area contributed by atoms with Gasteiger partial charge < -0.3 is 10.6 Å². The summed E-state index contributed by atoms with van der Waals surface area (Å²) >= 11 is 0. The summed E-state index contributed by atoms with van der Waals surface area (Å²) in [5.74, 6) is 0.109. The minimum Gasteiger partial charge on any atom is -0.370 e. The fourth-order valence-electron chi connectivity index (χ4n) is 2.33. The number of nitrogens with two attached hydrogens (primary N) is 1. The number of hydrogen-bond donors (Lipinski definition) is 1. The summed E-state index contributed by atoms with van der Waals surface area (Å²) in [6.45, 7) is 7.96. The van der Waals surface area contributed by atoms with Crippen LogP contribution >= 0.6 is 0 Å². The van der Waals surface area contributed by atoms with Crippen molar-refractivity contribution < 1.29 is 4.79 Å². The van der Waals surface area contributed by atoms with Gasteiger partial charge in [-0.1, -0.05) is 13.8 Å². The molecule has 0 aromatic heterocycles. The van der Waals surface area contributed by atoms with Crippen LogP contribution in [0.25, 0.3) is 0 Å². The number of hydrogen-bond acceptors (Lipinski definition) is 3. The summed E-state index contributed by atoms with van der Waals surface area (Å²) < 4.78 is 0. The van der Waals surface area contributed by atoms with Crippen molar-refractivity contribution in [3.05, 3.63) is 29.8 Å². The van der Waals surface area contributed by atoms with Crippen LogP contribution in [-0.2, 0) is 0 Å². The van der Waals surface area contributed by atoms with E-state index in [4.69, 9.17) is 5.73 Å². The molecule has 1 fully saturated rings. The second kappa shape index (κ2) is 4.73. The molecule has 1 aromatic carbocycles. The molecule has 3 nitrogen and oxygen atoms in total. The number of Topliss-reactive ketones (excluding diaryl/α,β-unsaturated/α-hetero) is 1. The Morgan fingerprint density at radius 3 is 2.44 bits per heavy atom. The molecule has 3 heteroatoms. The van der Waals surface area contributed by atoms with Crippen molar-refractivity contribution in [3.63, 3.8) is 0 Å². The summed E-state index contributed by atoms with van der Waals surface area (Å²) in [7, 11) is 0. The zero-order valence-electron chi connectivity index (χ0n) is 11.4. The zero-order chi connectivity index (χ0) is 13.3. The molecule has 2 N–H and O–H groups in total. The Labute approximate surface area is 109 Å². The Hall–Kier alpha value is -1.35. The molecule has 1 saturated heterocycles. The highest BCUT2D eigenvalue weighted by molar-refractivity contribution is 5.94. The van der Waals surface area contributed by atoms with Gasteiger partial charge in [0.25, 0.3) is 0 Å². The first kappa shape index (κ1) is 13.1. The van der Waals surface area contributed by atoms with E-state index in [-0.39, 0.29) is 17.2 Å². The average molecular weight is 246 g/mol. The van der Waals surface area contributed by atoms with Crippen molar-refractivity contribution in [2.75, 3.05) is 18.0 Å². The minimum atomic E-state index is 0.109. The Bertz CT molecular complexity index is 436. The van der Waals surface area contributed by atoms with Crippen LogP contribution in [0, 0.1) is 5.41 Å². The van der Waals surface area contributed by atoms with Gasteiger partial charge in [0.05, 0.1) is 0 Å². The first-order chi connectivity index (χ1) is 8.40. The van der Waals surface area contributed by atoms with Crippen molar-refractivity contribution >= 4 is 11.5 Å². The maximum atomic E-state index is 11.2. The van der Waals surface area contributed by atoms with Gasteiger partial charge in [-0.3, -0.25) is 4.79 Å². The monoisotopic (exact) mass is 246 g/mol. The molecule has 1 unspecified atom stereocenters. The first-order valence-corrected chi connectivity index (χ1v) is 6.52. The third-order valence-corrected chi connectivity index (χ3v) is 4.09. The van der Waals surface area contributed by atoms with Crippen LogP contribution in [0.5, 0.6) is 0 Å². The lowest BCUT2D eigenvalue weighted by atomic mass is 9.78. The Morgan fingerprint density at radius 1 is 1.33 bits per heavy atom. The van der Waals surface area contributed by atoms with E-state index in [0.29, 0.717) is 0 Å². The molecule has 0 spiro atoms. The summed E-state index contributed by atoms with van der Waals surface area (Å²) in [5, 5.41) is 0. The average Bonchev–Trinajstić information content (AvgIpc) is 2.33. The molecule has 1 aromatic rings. The molecule has 2 rings (SSSR count). The molecule has 1 aliphatic rings. The number of anilines is 1.